The summed E-state index contributed by atoms with van der Waals surface area (Å²) >= 11 is 0. The quantitative estimate of drug-likeness (QED) is 0.692. The van der Waals surface area contributed by atoms with Gasteiger partial charge in [0.1, 0.15) is 0 Å². The Morgan fingerprint density at radius 3 is 3.00 bits per heavy atom. The van der Waals surface area contributed by atoms with Crippen LogP contribution in [0, 0.1) is 17.2 Å². The number of nitrogens with one attached hydrogen (secondary N) is 2. The van der Waals surface area contributed by atoms with Crippen molar-refractivity contribution >= 4 is 5.91 Å². The molecule has 1 fully saturated rings. The van der Waals surface area contributed by atoms with Gasteiger partial charge in [-0.2, -0.15) is 5.26 Å². The first kappa shape index (κ1) is 12.9. The lowest BCUT2D eigenvalue weighted by Crippen LogP contribution is -2.46. The minimum absolute atomic E-state index is 0.0220. The summed E-state index contributed by atoms with van der Waals surface area (Å²) in [6, 6.07) is 2.04. The second-order valence-electron chi connectivity index (χ2n) is 4.08. The Morgan fingerprint density at radius 2 is 2.38 bits per heavy atom. The first-order valence-corrected chi connectivity index (χ1v) is 5.67. The molecule has 1 aliphatic heterocycles. The summed E-state index contributed by atoms with van der Waals surface area (Å²) in [6.45, 7) is 5.71. The Labute approximate surface area is 96.2 Å². The lowest BCUT2D eigenvalue weighted by atomic mass is 10.0. The van der Waals surface area contributed by atoms with Crippen molar-refractivity contribution in [3.63, 3.8) is 0 Å². The summed E-state index contributed by atoms with van der Waals surface area (Å²) in [5, 5.41) is 14.6. The molecule has 0 radical (unpaired) electrons. The number of carbonyl (C=O) groups excluding carboxylic acids is 1. The number of rotatable bonds is 5. The van der Waals surface area contributed by atoms with Crippen LogP contribution in [0.3, 0.4) is 0 Å². The summed E-state index contributed by atoms with van der Waals surface area (Å²) in [7, 11) is 0. The molecule has 16 heavy (non-hydrogen) atoms. The molecular weight excluding hydrogens is 206 g/mol. The molecule has 5 heteroatoms. The zero-order valence-electron chi connectivity index (χ0n) is 9.82. The normalized spacial score (nSPS) is 26.1. The third-order valence-corrected chi connectivity index (χ3v) is 2.67. The van der Waals surface area contributed by atoms with Gasteiger partial charge in [0, 0.05) is 12.1 Å². The molecule has 1 heterocycles. The van der Waals surface area contributed by atoms with Crippen molar-refractivity contribution < 1.29 is 9.53 Å². The molecule has 0 bridgehead atoms. The third-order valence-electron chi connectivity index (χ3n) is 2.67. The van der Waals surface area contributed by atoms with Gasteiger partial charge >= 0.3 is 0 Å². The van der Waals surface area contributed by atoms with Crippen LogP contribution >= 0.6 is 0 Å². The van der Waals surface area contributed by atoms with Crippen LogP contribution in [-0.4, -0.2) is 37.7 Å². The minimum atomic E-state index is -0.138. The average molecular weight is 225 g/mol. The van der Waals surface area contributed by atoms with Gasteiger partial charge in [-0.25, -0.2) is 0 Å². The summed E-state index contributed by atoms with van der Waals surface area (Å²) in [6.07, 6.45) is 0.338. The standard InChI is InChI=1S/C11H19N3O2/c1-3-13-10-7-16-6-9(10)11(15)14-8(2)4-5-12/h8-10,13H,3-4,6-7H2,1-2H3,(H,14,15). The maximum absolute atomic E-state index is 11.9. The highest BCUT2D eigenvalue weighted by Crippen LogP contribution is 2.14. The van der Waals surface area contributed by atoms with Crippen molar-refractivity contribution in [2.24, 2.45) is 5.92 Å². The molecule has 0 aromatic carbocycles. The summed E-state index contributed by atoms with van der Waals surface area (Å²) in [5.74, 6) is -0.160. The first-order valence-electron chi connectivity index (χ1n) is 5.67. The van der Waals surface area contributed by atoms with Gasteiger partial charge in [-0.15, -0.1) is 0 Å². The van der Waals surface area contributed by atoms with Crippen molar-refractivity contribution in [1.29, 1.82) is 5.26 Å². The molecule has 1 rings (SSSR count). The smallest absolute Gasteiger partial charge is 0.227 e. The molecule has 2 N–H and O–H groups in total. The van der Waals surface area contributed by atoms with Crippen molar-refractivity contribution in [3.05, 3.63) is 0 Å². The topological polar surface area (TPSA) is 74.2 Å². The van der Waals surface area contributed by atoms with Crippen molar-refractivity contribution in [3.8, 4) is 6.07 Å². The minimum Gasteiger partial charge on any atom is -0.379 e. The van der Waals surface area contributed by atoms with Crippen LogP contribution in [0.5, 0.6) is 0 Å². The number of nitrogens with zero attached hydrogens (tertiary/aromatic N) is 1. The van der Waals surface area contributed by atoms with Crippen molar-refractivity contribution in [1.82, 2.24) is 10.6 Å². The molecule has 0 aromatic heterocycles. The number of ether oxygens (including phenoxy) is 1. The second-order valence-corrected chi connectivity index (χ2v) is 4.08. The fraction of sp³-hybridized carbons (Fsp3) is 0.818. The van der Waals surface area contributed by atoms with Crippen LogP contribution in [0.15, 0.2) is 0 Å². The number of amides is 1. The number of hydrogen-bond donors (Lipinski definition) is 2. The largest absolute Gasteiger partial charge is 0.379 e. The predicted octanol–water partition coefficient (Wildman–Crippen LogP) is 0.0293. The molecule has 90 valence electrons. The number of nitriles is 1. The SMILES string of the molecule is CCNC1COCC1C(=O)NC(C)CC#N. The molecule has 1 aliphatic rings. The van der Waals surface area contributed by atoms with Crippen LogP contribution < -0.4 is 10.6 Å². The molecular formula is C11H19N3O2. The van der Waals surface area contributed by atoms with E-state index in [1.165, 1.54) is 0 Å². The highest BCUT2D eigenvalue weighted by atomic mass is 16.5. The fourth-order valence-corrected chi connectivity index (χ4v) is 1.81. The molecule has 3 unspecified atom stereocenters. The van der Waals surface area contributed by atoms with E-state index in [-0.39, 0.29) is 23.9 Å². The number of carbonyl (C=O) groups is 1. The Balaban J connectivity index is 2.43. The Kier molecular flexibility index (Phi) is 5.23. The lowest BCUT2D eigenvalue weighted by Gasteiger charge is -2.19. The second kappa shape index (κ2) is 6.46. The van der Waals surface area contributed by atoms with E-state index in [1.807, 2.05) is 19.9 Å². The molecule has 0 aromatic rings. The van der Waals surface area contributed by atoms with Crippen molar-refractivity contribution in [2.75, 3.05) is 19.8 Å². The van der Waals surface area contributed by atoms with Crippen LogP contribution in [0.4, 0.5) is 0 Å². The van der Waals surface area contributed by atoms with Gasteiger partial charge in [-0.3, -0.25) is 4.79 Å². The maximum atomic E-state index is 11.9. The third kappa shape index (κ3) is 3.47. The molecule has 0 spiro atoms. The van der Waals surface area contributed by atoms with E-state index in [2.05, 4.69) is 10.6 Å². The lowest BCUT2D eigenvalue weighted by molar-refractivity contribution is -0.126. The van der Waals surface area contributed by atoms with Gasteiger partial charge in [0.15, 0.2) is 0 Å². The van der Waals surface area contributed by atoms with Gasteiger partial charge in [0.2, 0.25) is 5.91 Å². The molecule has 0 saturated carbocycles. The monoisotopic (exact) mass is 225 g/mol. The van der Waals surface area contributed by atoms with Gasteiger partial charge in [0.05, 0.1) is 31.6 Å². The predicted molar refractivity (Wildman–Crippen MR) is 59.6 cm³/mol. The fourth-order valence-electron chi connectivity index (χ4n) is 1.81. The first-order chi connectivity index (χ1) is 7.69. The van der Waals surface area contributed by atoms with E-state index in [1.54, 1.807) is 0 Å². The summed E-state index contributed by atoms with van der Waals surface area (Å²) in [4.78, 5) is 11.9. The van der Waals surface area contributed by atoms with Gasteiger partial charge in [-0.1, -0.05) is 6.92 Å². The molecule has 1 amide bonds. The van der Waals surface area contributed by atoms with Crippen molar-refractivity contribution in [2.45, 2.75) is 32.4 Å². The van der Waals surface area contributed by atoms with E-state index in [4.69, 9.17) is 10.00 Å². The summed E-state index contributed by atoms with van der Waals surface area (Å²) in [5.41, 5.74) is 0. The van der Waals surface area contributed by atoms with Crippen LogP contribution in [-0.2, 0) is 9.53 Å². The van der Waals surface area contributed by atoms with Crippen LogP contribution in [0.2, 0.25) is 0 Å². The Hall–Kier alpha value is -1.12. The number of likely N-dealkylation sites (N-methyl/N-ethyl adjacent to an activating group) is 1. The molecule has 3 atom stereocenters. The van der Waals surface area contributed by atoms with E-state index >= 15 is 0 Å². The zero-order chi connectivity index (χ0) is 12.0. The van der Waals surface area contributed by atoms with Gasteiger partial charge < -0.3 is 15.4 Å². The van der Waals surface area contributed by atoms with E-state index in [0.29, 0.717) is 19.6 Å². The van der Waals surface area contributed by atoms with Gasteiger partial charge in [-0.05, 0) is 13.5 Å². The van der Waals surface area contributed by atoms with Gasteiger partial charge in [0.25, 0.3) is 0 Å². The number of hydrogen-bond acceptors (Lipinski definition) is 4. The molecule has 5 nitrogen and oxygen atoms in total. The molecule has 0 aliphatic carbocycles. The average Bonchev–Trinajstić information content (AvgIpc) is 2.66. The van der Waals surface area contributed by atoms with E-state index in [0.717, 1.165) is 6.54 Å². The Bertz CT molecular complexity index is 275. The highest BCUT2D eigenvalue weighted by Gasteiger charge is 2.33. The zero-order valence-corrected chi connectivity index (χ0v) is 9.82. The highest BCUT2D eigenvalue weighted by molar-refractivity contribution is 5.80. The van der Waals surface area contributed by atoms with E-state index < -0.39 is 0 Å². The maximum Gasteiger partial charge on any atom is 0.227 e. The molecule has 1 saturated heterocycles. The van der Waals surface area contributed by atoms with E-state index in [9.17, 15) is 4.79 Å². The summed E-state index contributed by atoms with van der Waals surface area (Å²) < 4.78 is 5.30. The Morgan fingerprint density at radius 1 is 1.62 bits per heavy atom. The van der Waals surface area contributed by atoms with Crippen LogP contribution in [0.1, 0.15) is 20.3 Å². The van der Waals surface area contributed by atoms with Crippen LogP contribution in [0.25, 0.3) is 0 Å².